The summed E-state index contributed by atoms with van der Waals surface area (Å²) in [5, 5.41) is 10.5. The van der Waals surface area contributed by atoms with Gasteiger partial charge in [0.25, 0.3) is 5.91 Å². The van der Waals surface area contributed by atoms with E-state index in [1.54, 1.807) is 30.6 Å². The van der Waals surface area contributed by atoms with Crippen LogP contribution in [0.15, 0.2) is 12.1 Å². The van der Waals surface area contributed by atoms with Crippen LogP contribution >= 0.6 is 11.6 Å². The van der Waals surface area contributed by atoms with Gasteiger partial charge in [0.1, 0.15) is 11.4 Å². The summed E-state index contributed by atoms with van der Waals surface area (Å²) in [5.41, 5.74) is 0.252. The van der Waals surface area contributed by atoms with E-state index in [9.17, 15) is 14.7 Å². The minimum absolute atomic E-state index is 0.0243. The van der Waals surface area contributed by atoms with Gasteiger partial charge >= 0.3 is 6.09 Å². The molecule has 6 nitrogen and oxygen atoms in total. The molecule has 1 atom stereocenters. The van der Waals surface area contributed by atoms with Crippen LogP contribution in [-0.2, 0) is 4.74 Å². The lowest BCUT2D eigenvalue weighted by Gasteiger charge is -2.38. The number of halogens is 1. The maximum atomic E-state index is 12.5. The molecule has 1 aromatic rings. The smallest absolute Gasteiger partial charge is 0.410 e. The van der Waals surface area contributed by atoms with Crippen molar-refractivity contribution in [2.75, 3.05) is 19.6 Å². The summed E-state index contributed by atoms with van der Waals surface area (Å²) in [6.07, 6.45) is -0.417. The Labute approximate surface area is 139 Å². The molecule has 1 N–H and O–H groups in total. The number of benzene rings is 1. The lowest BCUT2D eigenvalue weighted by molar-refractivity contribution is 0.00641. The van der Waals surface area contributed by atoms with Gasteiger partial charge in [-0.25, -0.2) is 4.79 Å². The van der Waals surface area contributed by atoms with Gasteiger partial charge in [-0.2, -0.15) is 0 Å². The van der Waals surface area contributed by atoms with Crippen molar-refractivity contribution in [2.24, 2.45) is 0 Å². The Morgan fingerprint density at radius 1 is 1.35 bits per heavy atom. The molecular formula is C16H19ClN2O4. The summed E-state index contributed by atoms with van der Waals surface area (Å²) >= 11 is 6.12. The van der Waals surface area contributed by atoms with Crippen LogP contribution in [0, 0.1) is 0 Å². The van der Waals surface area contributed by atoms with Gasteiger partial charge in [0.05, 0.1) is 16.6 Å². The number of piperazine rings is 1. The summed E-state index contributed by atoms with van der Waals surface area (Å²) in [6.45, 7) is 6.47. The molecule has 0 spiro atoms. The standard InChI is InChI=1S/C16H19ClN2O4/c1-16(2,3)23-15(22)18-6-7-19-10(8-18)13-11(20)5-4-9(17)12(13)14(19)21/h4-5,10,20H,6-8H2,1-3H3. The predicted octanol–water partition coefficient (Wildman–Crippen LogP) is 2.79. The van der Waals surface area contributed by atoms with Crippen molar-refractivity contribution in [3.63, 3.8) is 0 Å². The molecule has 2 heterocycles. The number of ether oxygens (including phenoxy) is 1. The lowest BCUT2D eigenvalue weighted by atomic mass is 10.0. The molecule has 7 heteroatoms. The first-order valence-corrected chi connectivity index (χ1v) is 7.87. The highest BCUT2D eigenvalue weighted by molar-refractivity contribution is 6.34. The first-order valence-electron chi connectivity index (χ1n) is 7.49. The highest BCUT2D eigenvalue weighted by Crippen LogP contribution is 2.44. The average molecular weight is 339 g/mol. The summed E-state index contributed by atoms with van der Waals surface area (Å²) in [6, 6.07) is 2.60. The highest BCUT2D eigenvalue weighted by atomic mass is 35.5. The third kappa shape index (κ3) is 2.72. The minimum Gasteiger partial charge on any atom is -0.508 e. The SMILES string of the molecule is CC(C)(C)OC(=O)N1CCN2C(=O)c3c(Cl)ccc(O)c3C2C1. The normalized spacial score (nSPS) is 20.3. The molecule has 2 aliphatic rings. The number of phenols is 1. The number of phenolic OH excluding ortho intramolecular Hbond substituents is 1. The second kappa shape index (κ2) is 5.30. The number of carbonyl (C=O) groups is 2. The summed E-state index contributed by atoms with van der Waals surface area (Å²) < 4.78 is 5.39. The fraction of sp³-hybridized carbons (Fsp3) is 0.500. The van der Waals surface area contributed by atoms with Gasteiger partial charge in [0, 0.05) is 25.2 Å². The molecule has 124 valence electrons. The van der Waals surface area contributed by atoms with Gasteiger partial charge in [-0.15, -0.1) is 0 Å². The number of hydrogen-bond acceptors (Lipinski definition) is 4. The molecule has 1 saturated heterocycles. The maximum absolute atomic E-state index is 12.5. The Morgan fingerprint density at radius 2 is 2.04 bits per heavy atom. The molecule has 0 aliphatic carbocycles. The van der Waals surface area contributed by atoms with Crippen LogP contribution in [0.5, 0.6) is 5.75 Å². The summed E-state index contributed by atoms with van der Waals surface area (Å²) in [4.78, 5) is 28.0. The largest absolute Gasteiger partial charge is 0.508 e. The van der Waals surface area contributed by atoms with E-state index >= 15 is 0 Å². The lowest BCUT2D eigenvalue weighted by Crippen LogP contribution is -2.50. The van der Waals surface area contributed by atoms with Crippen molar-refractivity contribution >= 4 is 23.6 Å². The van der Waals surface area contributed by atoms with E-state index in [0.717, 1.165) is 0 Å². The second-order valence-electron chi connectivity index (χ2n) is 6.80. The monoisotopic (exact) mass is 338 g/mol. The van der Waals surface area contributed by atoms with Gasteiger partial charge in [0.2, 0.25) is 0 Å². The van der Waals surface area contributed by atoms with E-state index in [4.69, 9.17) is 16.3 Å². The first kappa shape index (κ1) is 15.9. The Bertz CT molecular complexity index is 683. The Kier molecular flexibility index (Phi) is 3.67. The molecule has 3 rings (SSSR count). The Morgan fingerprint density at radius 3 is 2.70 bits per heavy atom. The van der Waals surface area contributed by atoms with Crippen LogP contribution in [0.25, 0.3) is 0 Å². The van der Waals surface area contributed by atoms with E-state index in [-0.39, 0.29) is 18.2 Å². The van der Waals surface area contributed by atoms with E-state index in [2.05, 4.69) is 0 Å². The van der Waals surface area contributed by atoms with Crippen LogP contribution < -0.4 is 0 Å². The third-order valence-electron chi connectivity index (χ3n) is 4.01. The van der Waals surface area contributed by atoms with Crippen LogP contribution in [0.1, 0.15) is 42.7 Å². The van der Waals surface area contributed by atoms with Gasteiger partial charge in [-0.05, 0) is 32.9 Å². The molecule has 0 aromatic heterocycles. The van der Waals surface area contributed by atoms with Gasteiger partial charge < -0.3 is 19.6 Å². The van der Waals surface area contributed by atoms with Crippen LogP contribution in [0.4, 0.5) is 4.79 Å². The van der Waals surface area contributed by atoms with Crippen molar-refractivity contribution in [3.05, 3.63) is 28.3 Å². The molecule has 1 aromatic carbocycles. The fourth-order valence-corrected chi connectivity index (χ4v) is 3.29. The maximum Gasteiger partial charge on any atom is 0.410 e. The van der Waals surface area contributed by atoms with Crippen molar-refractivity contribution in [1.29, 1.82) is 0 Å². The van der Waals surface area contributed by atoms with Crippen molar-refractivity contribution in [2.45, 2.75) is 32.4 Å². The number of nitrogens with zero attached hydrogens (tertiary/aromatic N) is 2. The molecule has 23 heavy (non-hydrogen) atoms. The Hall–Kier alpha value is -1.95. The number of fused-ring (bicyclic) bond motifs is 3. The number of rotatable bonds is 0. The van der Waals surface area contributed by atoms with E-state index in [1.807, 2.05) is 0 Å². The van der Waals surface area contributed by atoms with Crippen LogP contribution in [0.2, 0.25) is 5.02 Å². The van der Waals surface area contributed by atoms with Gasteiger partial charge in [0.15, 0.2) is 0 Å². The molecule has 2 aliphatic heterocycles. The molecular weight excluding hydrogens is 320 g/mol. The third-order valence-corrected chi connectivity index (χ3v) is 4.33. The summed E-state index contributed by atoms with van der Waals surface area (Å²) in [5.74, 6) is -0.175. The zero-order valence-corrected chi connectivity index (χ0v) is 14.1. The molecule has 0 bridgehead atoms. The molecule has 0 radical (unpaired) electrons. The minimum atomic E-state index is -0.580. The zero-order chi connectivity index (χ0) is 16.9. The quantitative estimate of drug-likeness (QED) is 0.789. The van der Waals surface area contributed by atoms with E-state index in [1.165, 1.54) is 12.1 Å². The molecule has 1 fully saturated rings. The number of hydrogen-bond donors (Lipinski definition) is 1. The second-order valence-corrected chi connectivity index (χ2v) is 7.20. The fourth-order valence-electron chi connectivity index (χ4n) is 3.05. The number of aromatic hydroxyl groups is 1. The van der Waals surface area contributed by atoms with Crippen LogP contribution in [-0.4, -0.2) is 52.1 Å². The van der Waals surface area contributed by atoms with Crippen molar-refractivity contribution in [1.82, 2.24) is 9.80 Å². The van der Waals surface area contributed by atoms with E-state index in [0.29, 0.717) is 29.2 Å². The zero-order valence-electron chi connectivity index (χ0n) is 13.3. The number of amides is 2. The van der Waals surface area contributed by atoms with Crippen molar-refractivity contribution in [3.8, 4) is 5.75 Å². The molecule has 0 saturated carbocycles. The number of carbonyl (C=O) groups excluding carboxylic acids is 2. The van der Waals surface area contributed by atoms with Gasteiger partial charge in [-0.3, -0.25) is 4.79 Å². The van der Waals surface area contributed by atoms with Crippen molar-refractivity contribution < 1.29 is 19.4 Å². The average Bonchev–Trinajstić information content (AvgIpc) is 2.75. The predicted molar refractivity (Wildman–Crippen MR) is 84.7 cm³/mol. The Balaban J connectivity index is 1.89. The van der Waals surface area contributed by atoms with E-state index < -0.39 is 17.7 Å². The van der Waals surface area contributed by atoms with Gasteiger partial charge in [-0.1, -0.05) is 11.6 Å². The first-order chi connectivity index (χ1) is 10.7. The molecule has 2 amide bonds. The summed E-state index contributed by atoms with van der Waals surface area (Å²) in [7, 11) is 0. The topological polar surface area (TPSA) is 70.1 Å². The molecule has 1 unspecified atom stereocenters. The highest BCUT2D eigenvalue weighted by Gasteiger charge is 2.44. The van der Waals surface area contributed by atoms with Crippen LogP contribution in [0.3, 0.4) is 0 Å².